The summed E-state index contributed by atoms with van der Waals surface area (Å²) in [5.41, 5.74) is 0. The molecule has 0 aliphatic heterocycles. The molecule has 4 nitrogen and oxygen atoms in total. The van der Waals surface area contributed by atoms with E-state index in [1.54, 1.807) is 27.7 Å². The molecule has 0 aromatic carbocycles. The standard InChI is InChI=1S/C15H26O4/c1-9(2)8-19-13(16)7-12(14(17)10(3)4)15(18)11(5)6/h9-12H,7-8H2,1-6H3. The fourth-order valence-corrected chi connectivity index (χ4v) is 1.63. The van der Waals surface area contributed by atoms with Crippen molar-refractivity contribution >= 4 is 17.5 Å². The minimum atomic E-state index is -0.861. The molecule has 0 aromatic rings. The van der Waals surface area contributed by atoms with E-state index in [9.17, 15) is 14.4 Å². The first-order valence-corrected chi connectivity index (χ1v) is 6.89. The molecule has 0 aliphatic rings. The van der Waals surface area contributed by atoms with Crippen molar-refractivity contribution in [3.63, 3.8) is 0 Å². The Balaban J connectivity index is 4.73. The van der Waals surface area contributed by atoms with Gasteiger partial charge in [-0.05, 0) is 5.92 Å². The van der Waals surface area contributed by atoms with Crippen molar-refractivity contribution in [2.45, 2.75) is 48.0 Å². The second-order valence-corrected chi connectivity index (χ2v) is 5.95. The Morgan fingerprint density at radius 3 is 1.58 bits per heavy atom. The summed E-state index contributed by atoms with van der Waals surface area (Å²) in [6.07, 6.45) is -0.138. The Kier molecular flexibility index (Phi) is 7.57. The maximum absolute atomic E-state index is 12.0. The van der Waals surface area contributed by atoms with Gasteiger partial charge in [-0.15, -0.1) is 0 Å². The van der Waals surface area contributed by atoms with E-state index in [1.807, 2.05) is 13.8 Å². The fourth-order valence-electron chi connectivity index (χ4n) is 1.63. The topological polar surface area (TPSA) is 60.4 Å². The van der Waals surface area contributed by atoms with Crippen molar-refractivity contribution in [1.82, 2.24) is 0 Å². The number of ketones is 2. The SMILES string of the molecule is CC(C)COC(=O)CC(C(=O)C(C)C)C(=O)C(C)C. The minimum absolute atomic E-state index is 0.138. The zero-order chi connectivity index (χ0) is 15.2. The van der Waals surface area contributed by atoms with Crippen LogP contribution in [0.4, 0.5) is 0 Å². The van der Waals surface area contributed by atoms with Crippen LogP contribution in [0.25, 0.3) is 0 Å². The quantitative estimate of drug-likeness (QED) is 0.502. The lowest BCUT2D eigenvalue weighted by Crippen LogP contribution is -2.33. The molecule has 0 unspecified atom stereocenters. The zero-order valence-electron chi connectivity index (χ0n) is 12.9. The van der Waals surface area contributed by atoms with Gasteiger partial charge in [0.1, 0.15) is 11.6 Å². The number of hydrogen-bond acceptors (Lipinski definition) is 4. The predicted molar refractivity (Wildman–Crippen MR) is 73.6 cm³/mol. The third kappa shape index (κ3) is 6.50. The van der Waals surface area contributed by atoms with E-state index in [0.29, 0.717) is 6.61 Å². The molecule has 0 amide bonds. The molecule has 0 heterocycles. The second-order valence-electron chi connectivity index (χ2n) is 5.95. The first-order valence-electron chi connectivity index (χ1n) is 6.89. The molecule has 0 N–H and O–H groups in total. The molecule has 0 radical (unpaired) electrons. The van der Waals surface area contributed by atoms with Crippen molar-refractivity contribution in [2.24, 2.45) is 23.7 Å². The van der Waals surface area contributed by atoms with Gasteiger partial charge in [0.2, 0.25) is 0 Å². The zero-order valence-corrected chi connectivity index (χ0v) is 12.9. The Labute approximate surface area is 115 Å². The van der Waals surface area contributed by atoms with Crippen LogP contribution in [0, 0.1) is 23.7 Å². The Morgan fingerprint density at radius 1 is 0.842 bits per heavy atom. The van der Waals surface area contributed by atoms with Crippen molar-refractivity contribution in [3.05, 3.63) is 0 Å². The predicted octanol–water partition coefficient (Wildman–Crippen LogP) is 2.64. The molecule has 0 saturated carbocycles. The molecule has 19 heavy (non-hydrogen) atoms. The molecule has 0 bridgehead atoms. The molecule has 0 spiro atoms. The number of carbonyl (C=O) groups is 3. The van der Waals surface area contributed by atoms with Gasteiger partial charge in [-0.2, -0.15) is 0 Å². The first-order chi connectivity index (χ1) is 8.66. The van der Waals surface area contributed by atoms with E-state index in [1.165, 1.54) is 0 Å². The number of carbonyl (C=O) groups excluding carboxylic acids is 3. The molecule has 4 heteroatoms. The molecule has 0 saturated heterocycles. The minimum Gasteiger partial charge on any atom is -0.465 e. The highest BCUT2D eigenvalue weighted by Gasteiger charge is 2.32. The maximum Gasteiger partial charge on any atom is 0.306 e. The van der Waals surface area contributed by atoms with Crippen molar-refractivity contribution in [2.75, 3.05) is 6.61 Å². The molecule has 0 fully saturated rings. The van der Waals surface area contributed by atoms with Crippen LogP contribution >= 0.6 is 0 Å². The summed E-state index contributed by atoms with van der Waals surface area (Å²) in [4.78, 5) is 35.8. The molecule has 0 atom stereocenters. The lowest BCUT2D eigenvalue weighted by molar-refractivity contribution is -0.151. The summed E-state index contributed by atoms with van der Waals surface area (Å²) in [5.74, 6) is -1.97. The van der Waals surface area contributed by atoms with Gasteiger partial charge in [0.25, 0.3) is 0 Å². The second kappa shape index (κ2) is 8.08. The van der Waals surface area contributed by atoms with Crippen LogP contribution < -0.4 is 0 Å². The average molecular weight is 270 g/mol. The number of hydrogen-bond donors (Lipinski definition) is 0. The summed E-state index contributed by atoms with van der Waals surface area (Å²) in [7, 11) is 0. The summed E-state index contributed by atoms with van der Waals surface area (Å²) in [5, 5.41) is 0. The first kappa shape index (κ1) is 17.8. The lowest BCUT2D eigenvalue weighted by atomic mass is 9.84. The highest BCUT2D eigenvalue weighted by atomic mass is 16.5. The number of rotatable bonds is 8. The average Bonchev–Trinajstić information content (AvgIpc) is 2.31. The molecule has 0 aromatic heterocycles. The van der Waals surface area contributed by atoms with E-state index < -0.39 is 11.9 Å². The van der Waals surface area contributed by atoms with Gasteiger partial charge >= 0.3 is 5.97 Å². The molecule has 110 valence electrons. The highest BCUT2D eigenvalue weighted by Crippen LogP contribution is 2.18. The van der Waals surface area contributed by atoms with Gasteiger partial charge < -0.3 is 4.74 Å². The van der Waals surface area contributed by atoms with Crippen LogP contribution in [0.3, 0.4) is 0 Å². The van der Waals surface area contributed by atoms with Crippen LogP contribution in [0.2, 0.25) is 0 Å². The van der Waals surface area contributed by atoms with Gasteiger partial charge in [-0.25, -0.2) is 0 Å². The summed E-state index contributed by atoms with van der Waals surface area (Å²) in [6, 6.07) is 0. The summed E-state index contributed by atoms with van der Waals surface area (Å²) in [6.45, 7) is 11.1. The van der Waals surface area contributed by atoms with Gasteiger partial charge in [0.05, 0.1) is 18.9 Å². The van der Waals surface area contributed by atoms with E-state index in [-0.39, 0.29) is 35.7 Å². The smallest absolute Gasteiger partial charge is 0.306 e. The fraction of sp³-hybridized carbons (Fsp3) is 0.800. The summed E-state index contributed by atoms with van der Waals surface area (Å²) < 4.78 is 5.05. The maximum atomic E-state index is 12.0. The number of esters is 1. The molecule has 0 aliphatic carbocycles. The normalized spacial score (nSPS) is 11.5. The third-order valence-corrected chi connectivity index (χ3v) is 2.77. The Morgan fingerprint density at radius 2 is 1.26 bits per heavy atom. The van der Waals surface area contributed by atoms with E-state index >= 15 is 0 Å². The van der Waals surface area contributed by atoms with Crippen LogP contribution in [0.15, 0.2) is 0 Å². The van der Waals surface area contributed by atoms with Crippen LogP contribution in [-0.2, 0) is 19.1 Å². The van der Waals surface area contributed by atoms with Gasteiger partial charge in [-0.1, -0.05) is 41.5 Å². The van der Waals surface area contributed by atoms with Gasteiger partial charge in [0.15, 0.2) is 0 Å². The van der Waals surface area contributed by atoms with Crippen LogP contribution in [-0.4, -0.2) is 24.1 Å². The van der Waals surface area contributed by atoms with Gasteiger partial charge in [-0.3, -0.25) is 14.4 Å². The summed E-state index contributed by atoms with van der Waals surface area (Å²) >= 11 is 0. The monoisotopic (exact) mass is 270 g/mol. The van der Waals surface area contributed by atoms with Gasteiger partial charge in [0, 0.05) is 11.8 Å². The third-order valence-electron chi connectivity index (χ3n) is 2.77. The largest absolute Gasteiger partial charge is 0.465 e. The van der Waals surface area contributed by atoms with Crippen molar-refractivity contribution in [3.8, 4) is 0 Å². The van der Waals surface area contributed by atoms with Crippen LogP contribution in [0.1, 0.15) is 48.0 Å². The van der Waals surface area contributed by atoms with E-state index in [0.717, 1.165) is 0 Å². The van der Waals surface area contributed by atoms with Crippen molar-refractivity contribution < 1.29 is 19.1 Å². The lowest BCUT2D eigenvalue weighted by Gasteiger charge is -2.18. The van der Waals surface area contributed by atoms with Crippen LogP contribution in [0.5, 0.6) is 0 Å². The highest BCUT2D eigenvalue weighted by molar-refractivity contribution is 6.05. The van der Waals surface area contributed by atoms with E-state index in [4.69, 9.17) is 4.74 Å². The van der Waals surface area contributed by atoms with E-state index in [2.05, 4.69) is 0 Å². The molecular formula is C15H26O4. The molecular weight excluding hydrogens is 244 g/mol. The van der Waals surface area contributed by atoms with Crippen molar-refractivity contribution in [1.29, 1.82) is 0 Å². The Hall–Kier alpha value is -1.19. The molecule has 0 rings (SSSR count). The number of ether oxygens (including phenoxy) is 1. The Bertz CT molecular complexity index is 309. The number of Topliss-reactive ketones (excluding diaryl/α,β-unsaturated/α-hetero) is 2.